The molecule has 2 heteroatoms. The highest BCUT2D eigenvalue weighted by Gasteiger charge is 2.15. The van der Waals surface area contributed by atoms with Crippen LogP contribution in [-0.4, -0.2) is 10.2 Å². The molecule has 0 aliphatic rings. The Hall–Kier alpha value is -1.18. The first kappa shape index (κ1) is 19.9. The smallest absolute Gasteiger partial charge is 0.122 e. The molecule has 0 bridgehead atoms. The lowest BCUT2D eigenvalue weighted by Gasteiger charge is -2.18. The Morgan fingerprint density at radius 2 is 1.30 bits per heavy atom. The fourth-order valence-electron chi connectivity index (χ4n) is 3.31. The van der Waals surface area contributed by atoms with Gasteiger partial charge in [-0.05, 0) is 30.4 Å². The summed E-state index contributed by atoms with van der Waals surface area (Å²) in [5, 5.41) is 19.6. The van der Waals surface area contributed by atoms with E-state index in [2.05, 4.69) is 13.8 Å². The fourth-order valence-corrected chi connectivity index (χ4v) is 3.31. The van der Waals surface area contributed by atoms with Gasteiger partial charge in [0, 0.05) is 6.07 Å². The van der Waals surface area contributed by atoms with E-state index in [-0.39, 0.29) is 11.5 Å². The molecule has 1 aromatic carbocycles. The minimum atomic E-state index is 0.146. The Kier molecular flexibility index (Phi) is 10.6. The summed E-state index contributed by atoms with van der Waals surface area (Å²) in [7, 11) is 0. The first-order valence-corrected chi connectivity index (χ1v) is 9.70. The van der Waals surface area contributed by atoms with Gasteiger partial charge < -0.3 is 10.2 Å². The highest BCUT2D eigenvalue weighted by atomic mass is 16.3. The molecule has 0 aliphatic carbocycles. The van der Waals surface area contributed by atoms with Crippen LogP contribution in [0.1, 0.15) is 102 Å². The summed E-state index contributed by atoms with van der Waals surface area (Å²) >= 11 is 0. The lowest BCUT2D eigenvalue weighted by atomic mass is 9.88. The van der Waals surface area contributed by atoms with Gasteiger partial charge in [-0.1, -0.05) is 84.1 Å². The number of hydrogen-bond acceptors (Lipinski definition) is 2. The summed E-state index contributed by atoms with van der Waals surface area (Å²) in [6, 6.07) is 5.07. The molecular formula is C21H36O2. The van der Waals surface area contributed by atoms with Crippen LogP contribution >= 0.6 is 0 Å². The molecule has 1 atom stereocenters. The van der Waals surface area contributed by atoms with Crippen LogP contribution in [0.25, 0.3) is 0 Å². The Labute approximate surface area is 142 Å². The summed E-state index contributed by atoms with van der Waals surface area (Å²) in [6.07, 6.45) is 15.4. The van der Waals surface area contributed by atoms with E-state index >= 15 is 0 Å². The van der Waals surface area contributed by atoms with Gasteiger partial charge in [0.1, 0.15) is 11.5 Å². The van der Waals surface area contributed by atoms with Crippen molar-refractivity contribution in [1.29, 1.82) is 0 Å². The van der Waals surface area contributed by atoms with E-state index in [4.69, 9.17) is 0 Å². The lowest BCUT2D eigenvalue weighted by molar-refractivity contribution is 0.429. The SMILES string of the molecule is CCCCCCCCCCC(CCCC)c1ccc(O)cc1O. The molecule has 2 nitrogen and oxygen atoms in total. The van der Waals surface area contributed by atoms with Crippen molar-refractivity contribution >= 4 is 0 Å². The Morgan fingerprint density at radius 1 is 0.739 bits per heavy atom. The van der Waals surface area contributed by atoms with E-state index in [0.29, 0.717) is 5.92 Å². The van der Waals surface area contributed by atoms with Gasteiger partial charge in [-0.15, -0.1) is 0 Å². The molecule has 132 valence electrons. The van der Waals surface area contributed by atoms with Gasteiger partial charge >= 0.3 is 0 Å². The molecule has 0 radical (unpaired) electrons. The third-order valence-electron chi connectivity index (χ3n) is 4.77. The van der Waals surface area contributed by atoms with Crippen molar-refractivity contribution < 1.29 is 10.2 Å². The molecule has 1 rings (SSSR count). The van der Waals surface area contributed by atoms with Crippen LogP contribution in [-0.2, 0) is 0 Å². The number of unbranched alkanes of at least 4 members (excludes halogenated alkanes) is 8. The second kappa shape index (κ2) is 12.3. The summed E-state index contributed by atoms with van der Waals surface area (Å²) in [5.41, 5.74) is 1.01. The third kappa shape index (κ3) is 8.29. The number of phenolic OH excluding ortho intramolecular Hbond substituents is 2. The quantitative estimate of drug-likeness (QED) is 0.388. The maximum absolute atomic E-state index is 10.1. The first-order valence-electron chi connectivity index (χ1n) is 9.70. The highest BCUT2D eigenvalue weighted by molar-refractivity contribution is 5.41. The van der Waals surface area contributed by atoms with Crippen LogP contribution in [0.3, 0.4) is 0 Å². The molecule has 23 heavy (non-hydrogen) atoms. The topological polar surface area (TPSA) is 40.5 Å². The largest absolute Gasteiger partial charge is 0.508 e. The average Bonchev–Trinajstić information content (AvgIpc) is 2.53. The molecule has 0 saturated carbocycles. The number of benzene rings is 1. The molecular weight excluding hydrogens is 284 g/mol. The van der Waals surface area contributed by atoms with Crippen LogP contribution in [0.5, 0.6) is 11.5 Å². The van der Waals surface area contributed by atoms with Crippen LogP contribution in [0, 0.1) is 0 Å². The van der Waals surface area contributed by atoms with Gasteiger partial charge in [0.25, 0.3) is 0 Å². The molecule has 0 aliphatic heterocycles. The van der Waals surface area contributed by atoms with E-state index in [1.165, 1.54) is 70.3 Å². The number of hydrogen-bond donors (Lipinski definition) is 2. The second-order valence-electron chi connectivity index (χ2n) is 6.85. The van der Waals surface area contributed by atoms with E-state index in [1.54, 1.807) is 6.07 Å². The van der Waals surface area contributed by atoms with Crippen molar-refractivity contribution in [2.24, 2.45) is 0 Å². The lowest BCUT2D eigenvalue weighted by Crippen LogP contribution is -2.00. The molecule has 0 aromatic heterocycles. The maximum atomic E-state index is 10.1. The number of aromatic hydroxyl groups is 2. The zero-order valence-electron chi connectivity index (χ0n) is 15.2. The van der Waals surface area contributed by atoms with Crippen LogP contribution in [0.2, 0.25) is 0 Å². The zero-order chi connectivity index (χ0) is 16.9. The van der Waals surface area contributed by atoms with Gasteiger partial charge in [0.2, 0.25) is 0 Å². The van der Waals surface area contributed by atoms with Gasteiger partial charge in [0.05, 0.1) is 0 Å². The minimum absolute atomic E-state index is 0.146. The molecule has 0 heterocycles. The monoisotopic (exact) mass is 320 g/mol. The second-order valence-corrected chi connectivity index (χ2v) is 6.85. The normalized spacial score (nSPS) is 12.4. The van der Waals surface area contributed by atoms with Gasteiger partial charge in [-0.2, -0.15) is 0 Å². The van der Waals surface area contributed by atoms with Crippen LogP contribution in [0.4, 0.5) is 0 Å². The number of rotatable bonds is 13. The zero-order valence-corrected chi connectivity index (χ0v) is 15.2. The average molecular weight is 321 g/mol. The maximum Gasteiger partial charge on any atom is 0.122 e. The fraction of sp³-hybridized carbons (Fsp3) is 0.714. The van der Waals surface area contributed by atoms with Crippen molar-refractivity contribution in [2.75, 3.05) is 0 Å². The summed E-state index contributed by atoms with van der Waals surface area (Å²) in [5.74, 6) is 0.828. The van der Waals surface area contributed by atoms with Crippen molar-refractivity contribution in [3.05, 3.63) is 23.8 Å². The molecule has 0 spiro atoms. The van der Waals surface area contributed by atoms with E-state index in [0.717, 1.165) is 18.4 Å². The standard InChI is InChI=1S/C21H36O2/c1-3-5-7-8-9-10-11-12-14-18(13-6-4-2)20-16-15-19(22)17-21(20)23/h15-18,22-23H,3-14H2,1-2H3. The summed E-state index contributed by atoms with van der Waals surface area (Å²) in [6.45, 7) is 4.47. The molecule has 0 amide bonds. The van der Waals surface area contributed by atoms with Crippen molar-refractivity contribution in [3.8, 4) is 11.5 Å². The van der Waals surface area contributed by atoms with Gasteiger partial charge in [0.15, 0.2) is 0 Å². The molecule has 2 N–H and O–H groups in total. The van der Waals surface area contributed by atoms with E-state index in [9.17, 15) is 10.2 Å². The predicted molar refractivity (Wildman–Crippen MR) is 99.3 cm³/mol. The van der Waals surface area contributed by atoms with Crippen LogP contribution in [0.15, 0.2) is 18.2 Å². The van der Waals surface area contributed by atoms with E-state index in [1.807, 2.05) is 6.07 Å². The first-order chi connectivity index (χ1) is 11.2. The van der Waals surface area contributed by atoms with Crippen molar-refractivity contribution in [2.45, 2.75) is 96.8 Å². The summed E-state index contributed by atoms with van der Waals surface area (Å²) < 4.78 is 0. The highest BCUT2D eigenvalue weighted by Crippen LogP contribution is 2.35. The molecule has 0 saturated heterocycles. The van der Waals surface area contributed by atoms with Crippen molar-refractivity contribution in [3.63, 3.8) is 0 Å². The Balaban J connectivity index is 2.37. The molecule has 1 unspecified atom stereocenters. The number of phenols is 2. The van der Waals surface area contributed by atoms with Gasteiger partial charge in [-0.3, -0.25) is 0 Å². The van der Waals surface area contributed by atoms with E-state index < -0.39 is 0 Å². The Morgan fingerprint density at radius 3 is 1.91 bits per heavy atom. The van der Waals surface area contributed by atoms with Crippen LogP contribution < -0.4 is 0 Å². The van der Waals surface area contributed by atoms with Crippen molar-refractivity contribution in [1.82, 2.24) is 0 Å². The molecule has 1 aromatic rings. The summed E-state index contributed by atoms with van der Waals surface area (Å²) in [4.78, 5) is 0. The minimum Gasteiger partial charge on any atom is -0.508 e. The van der Waals surface area contributed by atoms with Gasteiger partial charge in [-0.25, -0.2) is 0 Å². The Bertz CT molecular complexity index is 414. The predicted octanol–water partition coefficient (Wildman–Crippen LogP) is 6.90. The third-order valence-corrected chi connectivity index (χ3v) is 4.77. The molecule has 0 fully saturated rings.